The Bertz CT molecular complexity index is 471. The number of nitrogens with zero attached hydrogens (tertiary/aromatic N) is 2. The highest BCUT2D eigenvalue weighted by Crippen LogP contribution is 2.09. The van der Waals surface area contributed by atoms with Gasteiger partial charge in [-0.2, -0.15) is 5.26 Å². The molecule has 6 nitrogen and oxygen atoms in total. The molecule has 0 saturated carbocycles. The molecule has 0 bridgehead atoms. The summed E-state index contributed by atoms with van der Waals surface area (Å²) in [6.07, 6.45) is 1.80. The van der Waals surface area contributed by atoms with E-state index in [1.165, 1.54) is 4.57 Å². The fraction of sp³-hybridized carbons (Fsp3) is 0.364. The number of carboxylic acid groups (broad SMARTS) is 1. The summed E-state index contributed by atoms with van der Waals surface area (Å²) in [6, 6.07) is 3.55. The van der Waals surface area contributed by atoms with Gasteiger partial charge < -0.3 is 15.0 Å². The lowest BCUT2D eigenvalue weighted by atomic mass is 10.3. The van der Waals surface area contributed by atoms with E-state index in [2.05, 4.69) is 5.32 Å². The minimum Gasteiger partial charge on any atom is -0.477 e. The Hall–Kier alpha value is -2.29. The van der Waals surface area contributed by atoms with Gasteiger partial charge in [-0.05, 0) is 18.6 Å². The van der Waals surface area contributed by atoms with Gasteiger partial charge in [-0.1, -0.05) is 0 Å². The molecule has 17 heavy (non-hydrogen) atoms. The quantitative estimate of drug-likeness (QED) is 0.727. The fourth-order valence-electron chi connectivity index (χ4n) is 1.47. The molecule has 0 fully saturated rings. The van der Waals surface area contributed by atoms with Gasteiger partial charge in [-0.25, -0.2) is 4.79 Å². The average Bonchev–Trinajstić information content (AvgIpc) is 2.60. The third-order valence-electron chi connectivity index (χ3n) is 2.24. The second kappa shape index (κ2) is 5.70. The van der Waals surface area contributed by atoms with Gasteiger partial charge in [0, 0.05) is 12.7 Å². The third-order valence-corrected chi connectivity index (χ3v) is 2.24. The lowest BCUT2D eigenvalue weighted by Gasteiger charge is -2.07. The highest BCUT2D eigenvalue weighted by molar-refractivity contribution is 5.88. The van der Waals surface area contributed by atoms with Crippen molar-refractivity contribution in [3.8, 4) is 6.07 Å². The number of carboxylic acids is 1. The SMILES string of the molecule is Cc1ccn(CC(=O)NCCC#N)c1C(=O)O. The monoisotopic (exact) mass is 235 g/mol. The number of nitrogens with one attached hydrogen (secondary N) is 1. The van der Waals surface area contributed by atoms with E-state index in [1.54, 1.807) is 19.2 Å². The van der Waals surface area contributed by atoms with Gasteiger partial charge in [0.1, 0.15) is 12.2 Å². The lowest BCUT2D eigenvalue weighted by Crippen LogP contribution is -2.29. The summed E-state index contributed by atoms with van der Waals surface area (Å²) in [5.74, 6) is -1.37. The van der Waals surface area contributed by atoms with Gasteiger partial charge >= 0.3 is 5.97 Å². The summed E-state index contributed by atoms with van der Waals surface area (Å²) in [4.78, 5) is 22.4. The first-order valence-corrected chi connectivity index (χ1v) is 5.09. The standard InChI is InChI=1S/C11H13N3O3/c1-8-3-6-14(10(8)11(16)17)7-9(15)13-5-2-4-12/h3,6H,2,5,7H2,1H3,(H,13,15)(H,16,17). The number of nitriles is 1. The molecule has 0 radical (unpaired) electrons. The molecule has 0 aliphatic carbocycles. The van der Waals surface area contributed by atoms with Crippen molar-refractivity contribution in [3.63, 3.8) is 0 Å². The summed E-state index contributed by atoms with van der Waals surface area (Å²) in [7, 11) is 0. The number of carbonyl (C=O) groups is 2. The van der Waals surface area contributed by atoms with Crippen LogP contribution in [0.15, 0.2) is 12.3 Å². The average molecular weight is 235 g/mol. The summed E-state index contributed by atoms with van der Waals surface area (Å²) < 4.78 is 1.37. The molecule has 0 aliphatic heterocycles. The third kappa shape index (κ3) is 3.34. The van der Waals surface area contributed by atoms with Gasteiger partial charge in [0.05, 0.1) is 12.5 Å². The minimum atomic E-state index is -1.06. The predicted molar refractivity (Wildman–Crippen MR) is 59.4 cm³/mol. The Balaban J connectivity index is 2.66. The van der Waals surface area contributed by atoms with E-state index in [0.29, 0.717) is 5.56 Å². The maximum absolute atomic E-state index is 11.4. The zero-order chi connectivity index (χ0) is 12.8. The van der Waals surface area contributed by atoms with Gasteiger partial charge in [0.2, 0.25) is 5.91 Å². The molecule has 1 amide bonds. The number of hydrogen-bond acceptors (Lipinski definition) is 3. The Labute approximate surface area is 98.5 Å². The van der Waals surface area contributed by atoms with Gasteiger partial charge in [-0.3, -0.25) is 4.79 Å². The van der Waals surface area contributed by atoms with Crippen LogP contribution >= 0.6 is 0 Å². The number of aryl methyl sites for hydroxylation is 1. The van der Waals surface area contributed by atoms with Crippen molar-refractivity contribution in [3.05, 3.63) is 23.5 Å². The number of aromatic carboxylic acids is 1. The largest absolute Gasteiger partial charge is 0.477 e. The molecule has 90 valence electrons. The van der Waals surface area contributed by atoms with E-state index >= 15 is 0 Å². The van der Waals surface area contributed by atoms with E-state index in [9.17, 15) is 9.59 Å². The topological polar surface area (TPSA) is 95.1 Å². The molecule has 0 aliphatic rings. The van der Waals surface area contributed by atoms with Gasteiger partial charge in [-0.15, -0.1) is 0 Å². The number of hydrogen-bond donors (Lipinski definition) is 2. The first kappa shape index (κ1) is 12.8. The van der Waals surface area contributed by atoms with Gasteiger partial charge in [0.15, 0.2) is 0 Å². The van der Waals surface area contributed by atoms with E-state index < -0.39 is 5.97 Å². The molecule has 0 spiro atoms. The molecule has 0 unspecified atom stereocenters. The van der Waals surface area contributed by atoms with Crippen LogP contribution in [0.4, 0.5) is 0 Å². The number of rotatable bonds is 5. The normalized spacial score (nSPS) is 9.65. The van der Waals surface area contributed by atoms with Crippen molar-refractivity contribution in [1.29, 1.82) is 5.26 Å². The van der Waals surface area contributed by atoms with Crippen LogP contribution in [0, 0.1) is 18.3 Å². The summed E-state index contributed by atoms with van der Waals surface area (Å²) in [5, 5.41) is 19.8. The molecule has 0 atom stereocenters. The van der Waals surface area contributed by atoms with E-state index in [4.69, 9.17) is 10.4 Å². The Morgan fingerprint density at radius 2 is 2.29 bits per heavy atom. The molecule has 0 saturated heterocycles. The predicted octanol–water partition coefficient (Wildman–Crippen LogP) is 0.525. The smallest absolute Gasteiger partial charge is 0.352 e. The highest BCUT2D eigenvalue weighted by atomic mass is 16.4. The number of aromatic nitrogens is 1. The lowest BCUT2D eigenvalue weighted by molar-refractivity contribution is -0.121. The van der Waals surface area contributed by atoms with Gasteiger partial charge in [0.25, 0.3) is 0 Å². The Morgan fingerprint density at radius 3 is 2.88 bits per heavy atom. The van der Waals surface area contributed by atoms with Crippen LogP contribution in [0.1, 0.15) is 22.5 Å². The molecule has 1 aromatic rings. The zero-order valence-electron chi connectivity index (χ0n) is 9.43. The van der Waals surface area contributed by atoms with Crippen molar-refractivity contribution >= 4 is 11.9 Å². The van der Waals surface area contributed by atoms with Crippen molar-refractivity contribution in [2.24, 2.45) is 0 Å². The maximum Gasteiger partial charge on any atom is 0.352 e. The van der Waals surface area contributed by atoms with Crippen molar-refractivity contribution < 1.29 is 14.7 Å². The van der Waals surface area contributed by atoms with Crippen LogP contribution in [0.5, 0.6) is 0 Å². The molecular weight excluding hydrogens is 222 g/mol. The minimum absolute atomic E-state index is 0.0547. The molecular formula is C11H13N3O3. The van der Waals surface area contributed by atoms with Crippen molar-refractivity contribution in [2.45, 2.75) is 19.9 Å². The second-order valence-electron chi connectivity index (χ2n) is 3.54. The second-order valence-corrected chi connectivity index (χ2v) is 3.54. The first-order valence-electron chi connectivity index (χ1n) is 5.09. The molecule has 2 N–H and O–H groups in total. The fourth-order valence-corrected chi connectivity index (χ4v) is 1.47. The zero-order valence-corrected chi connectivity index (χ0v) is 9.43. The summed E-state index contributed by atoms with van der Waals surface area (Å²) in [6.45, 7) is 1.90. The Morgan fingerprint density at radius 1 is 1.59 bits per heavy atom. The van der Waals surface area contributed by atoms with Crippen molar-refractivity contribution in [1.82, 2.24) is 9.88 Å². The highest BCUT2D eigenvalue weighted by Gasteiger charge is 2.14. The van der Waals surface area contributed by atoms with Crippen LogP contribution in [-0.2, 0) is 11.3 Å². The van der Waals surface area contributed by atoms with Crippen molar-refractivity contribution in [2.75, 3.05) is 6.54 Å². The summed E-state index contributed by atoms with van der Waals surface area (Å²) in [5.41, 5.74) is 0.725. The number of carbonyl (C=O) groups excluding carboxylic acids is 1. The first-order chi connectivity index (χ1) is 8.06. The summed E-state index contributed by atoms with van der Waals surface area (Å²) >= 11 is 0. The van der Waals surface area contributed by atoms with Crippen LogP contribution in [0.25, 0.3) is 0 Å². The molecule has 6 heteroatoms. The molecule has 0 aromatic carbocycles. The Kier molecular flexibility index (Phi) is 4.29. The van der Waals surface area contributed by atoms with E-state index in [0.717, 1.165) is 0 Å². The van der Waals surface area contributed by atoms with E-state index in [-0.39, 0.29) is 31.1 Å². The van der Waals surface area contributed by atoms with Crippen LogP contribution in [-0.4, -0.2) is 28.1 Å². The van der Waals surface area contributed by atoms with E-state index in [1.807, 2.05) is 6.07 Å². The molecule has 1 heterocycles. The maximum atomic E-state index is 11.4. The van der Waals surface area contributed by atoms with Crippen LogP contribution in [0.3, 0.4) is 0 Å². The van der Waals surface area contributed by atoms with Crippen LogP contribution in [0.2, 0.25) is 0 Å². The molecule has 1 rings (SSSR count). The van der Waals surface area contributed by atoms with Crippen LogP contribution < -0.4 is 5.32 Å². The number of amides is 1. The molecule has 1 aromatic heterocycles.